The topological polar surface area (TPSA) is 75.7 Å². The molecule has 7 heteroatoms. The molecule has 1 atom stereocenters. The molecule has 1 heterocycles. The fourth-order valence-electron chi connectivity index (χ4n) is 2.47. The van der Waals surface area contributed by atoms with E-state index in [0.29, 0.717) is 25.3 Å². The van der Waals surface area contributed by atoms with Gasteiger partial charge in [-0.25, -0.2) is 13.1 Å². The van der Waals surface area contributed by atoms with Crippen molar-refractivity contribution in [1.29, 1.82) is 0 Å². The van der Waals surface area contributed by atoms with E-state index in [-0.39, 0.29) is 22.9 Å². The first-order valence-corrected chi connectivity index (χ1v) is 8.97. The Hall–Kier alpha value is -1.44. The van der Waals surface area contributed by atoms with Crippen LogP contribution < -0.4 is 4.72 Å². The highest BCUT2D eigenvalue weighted by molar-refractivity contribution is 7.89. The molecule has 1 amide bonds. The Morgan fingerprint density at radius 1 is 1.36 bits per heavy atom. The van der Waals surface area contributed by atoms with Crippen LogP contribution in [0.3, 0.4) is 0 Å². The van der Waals surface area contributed by atoms with Crippen molar-refractivity contribution < 1.29 is 17.9 Å². The number of carbonyl (C=O) groups excluding carboxylic acids is 1. The van der Waals surface area contributed by atoms with Gasteiger partial charge in [0.25, 0.3) is 5.91 Å². The van der Waals surface area contributed by atoms with Crippen LogP contribution in [-0.4, -0.2) is 51.1 Å². The van der Waals surface area contributed by atoms with Gasteiger partial charge >= 0.3 is 0 Å². The molecule has 1 saturated heterocycles. The van der Waals surface area contributed by atoms with Gasteiger partial charge in [-0.15, -0.1) is 0 Å². The quantitative estimate of drug-likeness (QED) is 0.896. The van der Waals surface area contributed by atoms with Crippen LogP contribution >= 0.6 is 0 Å². The van der Waals surface area contributed by atoms with E-state index in [1.807, 2.05) is 6.92 Å². The first-order valence-electron chi connectivity index (χ1n) is 7.49. The van der Waals surface area contributed by atoms with Crippen LogP contribution in [0.25, 0.3) is 0 Å². The second-order valence-corrected chi connectivity index (χ2v) is 7.57. The molecule has 1 aromatic rings. The summed E-state index contributed by atoms with van der Waals surface area (Å²) in [4.78, 5) is 14.4. The summed E-state index contributed by atoms with van der Waals surface area (Å²) < 4.78 is 32.5. The molecule has 0 spiro atoms. The van der Waals surface area contributed by atoms with Gasteiger partial charge in [-0.1, -0.05) is 6.07 Å². The van der Waals surface area contributed by atoms with Gasteiger partial charge in [-0.2, -0.15) is 0 Å². The second-order valence-electron chi connectivity index (χ2n) is 5.86. The lowest BCUT2D eigenvalue weighted by atomic mass is 10.2. The number of sulfonamides is 1. The molecule has 1 aliphatic carbocycles. The van der Waals surface area contributed by atoms with E-state index in [2.05, 4.69) is 4.72 Å². The molecule has 120 valence electrons. The number of carbonyl (C=O) groups is 1. The highest BCUT2D eigenvalue weighted by Crippen LogP contribution is 2.23. The van der Waals surface area contributed by atoms with Crippen molar-refractivity contribution in [3.63, 3.8) is 0 Å². The van der Waals surface area contributed by atoms with E-state index < -0.39 is 10.0 Å². The molecule has 1 N–H and O–H groups in total. The van der Waals surface area contributed by atoms with Crippen LogP contribution in [0.4, 0.5) is 0 Å². The molecular weight excluding hydrogens is 304 g/mol. The zero-order valence-electron chi connectivity index (χ0n) is 12.5. The summed E-state index contributed by atoms with van der Waals surface area (Å²) in [5, 5.41) is 0. The van der Waals surface area contributed by atoms with E-state index >= 15 is 0 Å². The van der Waals surface area contributed by atoms with E-state index in [0.717, 1.165) is 12.8 Å². The van der Waals surface area contributed by atoms with E-state index in [1.54, 1.807) is 17.0 Å². The fraction of sp³-hybridized carbons (Fsp3) is 0.533. The molecule has 1 aliphatic heterocycles. The number of rotatable bonds is 4. The smallest absolute Gasteiger partial charge is 0.254 e. The second kappa shape index (κ2) is 5.98. The Morgan fingerprint density at radius 2 is 2.14 bits per heavy atom. The summed E-state index contributed by atoms with van der Waals surface area (Å²) in [6, 6.07) is 6.28. The van der Waals surface area contributed by atoms with Crippen molar-refractivity contribution in [3.05, 3.63) is 29.8 Å². The van der Waals surface area contributed by atoms with Crippen molar-refractivity contribution in [2.45, 2.75) is 36.8 Å². The molecular formula is C15H20N2O4S. The molecule has 1 saturated carbocycles. The van der Waals surface area contributed by atoms with Crippen molar-refractivity contribution in [3.8, 4) is 0 Å². The lowest BCUT2D eigenvalue weighted by Crippen LogP contribution is -2.44. The molecule has 22 heavy (non-hydrogen) atoms. The third-order valence-electron chi connectivity index (χ3n) is 3.82. The first-order chi connectivity index (χ1) is 10.5. The summed E-state index contributed by atoms with van der Waals surface area (Å²) in [5.41, 5.74) is 0.396. The minimum atomic E-state index is -3.54. The maximum Gasteiger partial charge on any atom is 0.254 e. The molecule has 0 radical (unpaired) electrons. The van der Waals surface area contributed by atoms with E-state index in [4.69, 9.17) is 4.74 Å². The number of amides is 1. The van der Waals surface area contributed by atoms with Crippen LogP contribution in [-0.2, 0) is 14.8 Å². The van der Waals surface area contributed by atoms with Crippen LogP contribution in [0.2, 0.25) is 0 Å². The number of nitrogens with one attached hydrogen (secondary N) is 1. The maximum absolute atomic E-state index is 12.5. The molecule has 0 aromatic heterocycles. The normalized spacial score (nSPS) is 22.6. The zero-order valence-corrected chi connectivity index (χ0v) is 13.3. The molecule has 3 rings (SSSR count). The van der Waals surface area contributed by atoms with Crippen molar-refractivity contribution in [2.24, 2.45) is 0 Å². The Kier molecular flexibility index (Phi) is 4.20. The molecule has 2 aliphatic rings. The molecule has 6 nitrogen and oxygen atoms in total. The number of hydrogen-bond acceptors (Lipinski definition) is 4. The summed E-state index contributed by atoms with van der Waals surface area (Å²) >= 11 is 0. The predicted molar refractivity (Wildman–Crippen MR) is 81.1 cm³/mol. The van der Waals surface area contributed by atoms with Gasteiger partial charge in [0.15, 0.2) is 0 Å². The van der Waals surface area contributed by atoms with E-state index in [1.165, 1.54) is 12.1 Å². The summed E-state index contributed by atoms with van der Waals surface area (Å²) in [5.74, 6) is -0.154. The number of benzene rings is 1. The van der Waals surface area contributed by atoms with E-state index in [9.17, 15) is 13.2 Å². The monoisotopic (exact) mass is 324 g/mol. The third-order valence-corrected chi connectivity index (χ3v) is 5.34. The first kappa shape index (κ1) is 15.5. The Bertz CT molecular complexity index is 670. The van der Waals surface area contributed by atoms with Gasteiger partial charge in [0, 0.05) is 24.7 Å². The van der Waals surface area contributed by atoms with Crippen LogP contribution in [0.5, 0.6) is 0 Å². The number of ether oxygens (including phenoxy) is 1. The summed E-state index contributed by atoms with van der Waals surface area (Å²) in [6.45, 7) is 3.48. The predicted octanol–water partition coefficient (Wildman–Crippen LogP) is 0.988. The molecule has 0 bridgehead atoms. The van der Waals surface area contributed by atoms with Crippen LogP contribution in [0.15, 0.2) is 29.2 Å². The van der Waals surface area contributed by atoms with Gasteiger partial charge in [-0.05, 0) is 38.0 Å². The molecule has 1 unspecified atom stereocenters. The zero-order chi connectivity index (χ0) is 15.7. The average Bonchev–Trinajstić information content (AvgIpc) is 3.30. The lowest BCUT2D eigenvalue weighted by molar-refractivity contribution is -0.0124. The van der Waals surface area contributed by atoms with Gasteiger partial charge < -0.3 is 9.64 Å². The highest BCUT2D eigenvalue weighted by atomic mass is 32.2. The Balaban J connectivity index is 1.79. The highest BCUT2D eigenvalue weighted by Gasteiger charge is 2.29. The van der Waals surface area contributed by atoms with Crippen molar-refractivity contribution in [1.82, 2.24) is 9.62 Å². The van der Waals surface area contributed by atoms with Gasteiger partial charge in [-0.3, -0.25) is 4.79 Å². The standard InChI is InChI=1S/C15H20N2O4S/c1-11-10-17(7-8-21-11)15(18)12-3-2-4-14(9-12)22(19,20)16-13-5-6-13/h2-4,9,11,13,16H,5-8,10H2,1H3. The average molecular weight is 324 g/mol. The van der Waals surface area contributed by atoms with Gasteiger partial charge in [0.2, 0.25) is 10.0 Å². The minimum Gasteiger partial charge on any atom is -0.375 e. The van der Waals surface area contributed by atoms with Crippen molar-refractivity contribution in [2.75, 3.05) is 19.7 Å². The molecule has 2 fully saturated rings. The summed E-state index contributed by atoms with van der Waals surface area (Å²) in [7, 11) is -3.54. The number of morpholine rings is 1. The lowest BCUT2D eigenvalue weighted by Gasteiger charge is -2.31. The SMILES string of the molecule is CC1CN(C(=O)c2cccc(S(=O)(=O)NC3CC3)c2)CCO1. The summed E-state index contributed by atoms with van der Waals surface area (Å²) in [6.07, 6.45) is 1.76. The number of hydrogen-bond donors (Lipinski definition) is 1. The fourth-order valence-corrected chi connectivity index (χ4v) is 3.82. The van der Waals surface area contributed by atoms with Crippen LogP contribution in [0.1, 0.15) is 30.1 Å². The van der Waals surface area contributed by atoms with Gasteiger partial charge in [0.05, 0.1) is 17.6 Å². The van der Waals surface area contributed by atoms with Gasteiger partial charge in [0.1, 0.15) is 0 Å². The molecule has 1 aromatic carbocycles. The minimum absolute atomic E-state index is 0.00106. The number of nitrogens with zero attached hydrogens (tertiary/aromatic N) is 1. The largest absolute Gasteiger partial charge is 0.375 e. The maximum atomic E-state index is 12.5. The third kappa shape index (κ3) is 3.48. The Morgan fingerprint density at radius 3 is 2.82 bits per heavy atom. The van der Waals surface area contributed by atoms with Crippen molar-refractivity contribution >= 4 is 15.9 Å². The Labute approximate surface area is 130 Å². The van der Waals surface area contributed by atoms with Crippen LogP contribution in [0, 0.1) is 0 Å².